The van der Waals surface area contributed by atoms with Crippen molar-refractivity contribution < 1.29 is 9.53 Å². The van der Waals surface area contributed by atoms with E-state index in [-0.39, 0.29) is 5.91 Å². The summed E-state index contributed by atoms with van der Waals surface area (Å²) in [5.41, 5.74) is -0.885. The molecule has 15 heavy (non-hydrogen) atoms. The Morgan fingerprint density at radius 3 is 2.73 bits per heavy atom. The van der Waals surface area contributed by atoms with Crippen molar-refractivity contribution in [1.29, 1.82) is 0 Å². The fraction of sp³-hybridized carbons (Fsp3) is 0.400. The van der Waals surface area contributed by atoms with Crippen molar-refractivity contribution in [1.82, 2.24) is 4.98 Å². The average molecular weight is 229 g/mol. The number of halogens is 1. The van der Waals surface area contributed by atoms with E-state index in [2.05, 4.69) is 10.3 Å². The average Bonchev–Trinajstić information content (AvgIpc) is 2.17. The van der Waals surface area contributed by atoms with Crippen molar-refractivity contribution in [2.24, 2.45) is 0 Å². The van der Waals surface area contributed by atoms with Crippen molar-refractivity contribution in [2.75, 3.05) is 12.4 Å². The Balaban J connectivity index is 2.75. The Labute approximate surface area is 93.6 Å². The van der Waals surface area contributed by atoms with E-state index in [4.69, 9.17) is 16.3 Å². The van der Waals surface area contributed by atoms with E-state index < -0.39 is 5.60 Å². The second-order valence-electron chi connectivity index (χ2n) is 3.51. The van der Waals surface area contributed by atoms with Crippen LogP contribution in [0.1, 0.15) is 13.8 Å². The van der Waals surface area contributed by atoms with Crippen LogP contribution >= 0.6 is 11.6 Å². The molecule has 0 radical (unpaired) electrons. The molecule has 4 nitrogen and oxygen atoms in total. The molecule has 0 saturated heterocycles. The van der Waals surface area contributed by atoms with Gasteiger partial charge in [-0.15, -0.1) is 0 Å². The highest BCUT2D eigenvalue weighted by molar-refractivity contribution is 6.29. The lowest BCUT2D eigenvalue weighted by molar-refractivity contribution is -0.133. The summed E-state index contributed by atoms with van der Waals surface area (Å²) < 4.78 is 5.03. The Morgan fingerprint density at radius 2 is 2.20 bits per heavy atom. The summed E-state index contributed by atoms with van der Waals surface area (Å²) in [6.45, 7) is 3.35. The molecule has 0 atom stereocenters. The molecule has 5 heteroatoms. The number of nitrogens with one attached hydrogen (secondary N) is 1. The quantitative estimate of drug-likeness (QED) is 0.807. The number of methoxy groups -OCH3 is 1. The van der Waals surface area contributed by atoms with Gasteiger partial charge in [0.1, 0.15) is 16.6 Å². The fourth-order valence-corrected chi connectivity index (χ4v) is 1.00. The molecule has 0 aromatic carbocycles. The number of aromatic nitrogens is 1. The number of rotatable bonds is 3. The lowest BCUT2D eigenvalue weighted by Crippen LogP contribution is -2.39. The summed E-state index contributed by atoms with van der Waals surface area (Å²) in [7, 11) is 1.48. The minimum atomic E-state index is -0.885. The van der Waals surface area contributed by atoms with Gasteiger partial charge in [-0.1, -0.05) is 17.7 Å². The smallest absolute Gasteiger partial charge is 0.257 e. The summed E-state index contributed by atoms with van der Waals surface area (Å²) in [5, 5.41) is 2.95. The van der Waals surface area contributed by atoms with Crippen LogP contribution in [0, 0.1) is 0 Å². The second kappa shape index (κ2) is 4.59. The van der Waals surface area contributed by atoms with Crippen molar-refractivity contribution >= 4 is 23.3 Å². The molecule has 82 valence electrons. The first kappa shape index (κ1) is 11.9. The molecule has 0 aliphatic heterocycles. The maximum Gasteiger partial charge on any atom is 0.257 e. The van der Waals surface area contributed by atoms with Crippen molar-refractivity contribution in [2.45, 2.75) is 19.4 Å². The lowest BCUT2D eigenvalue weighted by Gasteiger charge is -2.21. The number of anilines is 1. The van der Waals surface area contributed by atoms with Crippen molar-refractivity contribution in [3.63, 3.8) is 0 Å². The van der Waals surface area contributed by atoms with Gasteiger partial charge in [-0.25, -0.2) is 4.98 Å². The van der Waals surface area contributed by atoms with E-state index >= 15 is 0 Å². The third kappa shape index (κ3) is 3.18. The largest absolute Gasteiger partial charge is 0.369 e. The molecule has 0 saturated carbocycles. The molecule has 0 spiro atoms. The summed E-state index contributed by atoms with van der Waals surface area (Å²) in [4.78, 5) is 15.6. The van der Waals surface area contributed by atoms with E-state index in [1.807, 2.05) is 0 Å². The third-order valence-electron chi connectivity index (χ3n) is 2.01. The molecular formula is C10H13ClN2O2. The molecule has 0 aliphatic carbocycles. The molecule has 0 unspecified atom stereocenters. The van der Waals surface area contributed by atoms with E-state index in [1.54, 1.807) is 32.0 Å². The standard InChI is InChI=1S/C10H13ClN2O2/c1-10(2,15-3)9(14)13-8-6-4-5-7(11)12-8/h4-6H,1-3H3,(H,12,13,14). The number of nitrogens with zero attached hydrogens (tertiary/aromatic N) is 1. The van der Waals surface area contributed by atoms with E-state index in [1.165, 1.54) is 7.11 Å². The maximum absolute atomic E-state index is 11.7. The molecular weight excluding hydrogens is 216 g/mol. The minimum Gasteiger partial charge on any atom is -0.369 e. The van der Waals surface area contributed by atoms with Crippen LogP contribution in [0.5, 0.6) is 0 Å². The molecule has 1 rings (SSSR count). The summed E-state index contributed by atoms with van der Waals surface area (Å²) in [6, 6.07) is 5.01. The van der Waals surface area contributed by atoms with Gasteiger partial charge in [-0.3, -0.25) is 4.79 Å². The summed E-state index contributed by atoms with van der Waals surface area (Å²) >= 11 is 5.68. The van der Waals surface area contributed by atoms with Gasteiger partial charge in [0.05, 0.1) is 0 Å². The molecule has 0 aliphatic rings. The van der Waals surface area contributed by atoms with Gasteiger partial charge in [-0.05, 0) is 26.0 Å². The zero-order valence-corrected chi connectivity index (χ0v) is 9.63. The number of amides is 1. The normalized spacial score (nSPS) is 11.2. The van der Waals surface area contributed by atoms with Crippen LogP contribution in [-0.4, -0.2) is 23.6 Å². The summed E-state index contributed by atoms with van der Waals surface area (Å²) in [5.74, 6) is 0.150. The van der Waals surface area contributed by atoms with Crippen molar-refractivity contribution in [3.8, 4) is 0 Å². The zero-order valence-electron chi connectivity index (χ0n) is 8.87. The first-order valence-corrected chi connectivity index (χ1v) is 4.82. The number of hydrogen-bond acceptors (Lipinski definition) is 3. The number of ether oxygens (including phenoxy) is 1. The Morgan fingerprint density at radius 1 is 1.53 bits per heavy atom. The third-order valence-corrected chi connectivity index (χ3v) is 2.22. The van der Waals surface area contributed by atoms with Crippen LogP contribution in [0.25, 0.3) is 0 Å². The molecule has 1 heterocycles. The van der Waals surface area contributed by atoms with Gasteiger partial charge in [0.2, 0.25) is 0 Å². The predicted molar refractivity (Wildman–Crippen MR) is 59.0 cm³/mol. The number of carbonyl (C=O) groups excluding carboxylic acids is 1. The number of hydrogen-bond donors (Lipinski definition) is 1. The minimum absolute atomic E-state index is 0.264. The highest BCUT2D eigenvalue weighted by Crippen LogP contribution is 2.13. The fourth-order valence-electron chi connectivity index (χ4n) is 0.837. The van der Waals surface area contributed by atoms with E-state index in [0.717, 1.165) is 0 Å². The van der Waals surface area contributed by atoms with Crippen molar-refractivity contribution in [3.05, 3.63) is 23.4 Å². The molecule has 0 bridgehead atoms. The van der Waals surface area contributed by atoms with Gasteiger partial charge in [0, 0.05) is 7.11 Å². The Bertz CT molecular complexity index is 366. The van der Waals surface area contributed by atoms with Gasteiger partial charge >= 0.3 is 0 Å². The number of pyridine rings is 1. The highest BCUT2D eigenvalue weighted by atomic mass is 35.5. The zero-order chi connectivity index (χ0) is 11.5. The van der Waals surface area contributed by atoms with Gasteiger partial charge in [-0.2, -0.15) is 0 Å². The highest BCUT2D eigenvalue weighted by Gasteiger charge is 2.27. The first-order chi connectivity index (χ1) is 6.95. The van der Waals surface area contributed by atoms with Crippen LogP contribution in [0.15, 0.2) is 18.2 Å². The Kier molecular flexibility index (Phi) is 3.66. The SMILES string of the molecule is COC(C)(C)C(=O)Nc1cccc(Cl)n1. The van der Waals surface area contributed by atoms with E-state index in [0.29, 0.717) is 11.0 Å². The Hall–Kier alpha value is -1.13. The molecule has 1 amide bonds. The molecule has 1 aromatic heterocycles. The second-order valence-corrected chi connectivity index (χ2v) is 3.90. The van der Waals surface area contributed by atoms with Crippen LogP contribution in [0.4, 0.5) is 5.82 Å². The number of carbonyl (C=O) groups is 1. The van der Waals surface area contributed by atoms with Gasteiger partial charge in [0.25, 0.3) is 5.91 Å². The monoisotopic (exact) mass is 228 g/mol. The van der Waals surface area contributed by atoms with Crippen LogP contribution in [-0.2, 0) is 9.53 Å². The van der Waals surface area contributed by atoms with Crippen LogP contribution in [0.2, 0.25) is 5.15 Å². The van der Waals surface area contributed by atoms with Gasteiger partial charge < -0.3 is 10.1 Å². The maximum atomic E-state index is 11.7. The molecule has 1 N–H and O–H groups in total. The lowest BCUT2D eigenvalue weighted by atomic mass is 10.1. The van der Waals surface area contributed by atoms with Gasteiger partial charge in [0.15, 0.2) is 0 Å². The van der Waals surface area contributed by atoms with E-state index in [9.17, 15) is 4.79 Å². The molecule has 0 fully saturated rings. The van der Waals surface area contributed by atoms with Crippen LogP contribution < -0.4 is 5.32 Å². The topological polar surface area (TPSA) is 51.2 Å². The predicted octanol–water partition coefficient (Wildman–Crippen LogP) is 2.10. The summed E-state index contributed by atoms with van der Waals surface area (Å²) in [6.07, 6.45) is 0. The van der Waals surface area contributed by atoms with Crippen LogP contribution in [0.3, 0.4) is 0 Å². The molecule has 1 aromatic rings. The first-order valence-electron chi connectivity index (χ1n) is 4.45.